The van der Waals surface area contributed by atoms with Crippen LogP contribution in [0.25, 0.3) is 0 Å². The summed E-state index contributed by atoms with van der Waals surface area (Å²) in [4.78, 5) is 36.8. The molecule has 0 heterocycles. The van der Waals surface area contributed by atoms with Gasteiger partial charge in [0.1, 0.15) is 12.6 Å². The third-order valence-corrected chi connectivity index (χ3v) is 9.65. The van der Waals surface area contributed by atoms with E-state index >= 15 is 0 Å². The summed E-state index contributed by atoms with van der Waals surface area (Å²) in [5.41, 5.74) is 0. The maximum absolute atomic E-state index is 12.7. The molecule has 0 aromatic rings. The summed E-state index contributed by atoms with van der Waals surface area (Å²) in [7, 11) is 5.38. The van der Waals surface area contributed by atoms with Gasteiger partial charge in [0.2, 0.25) is 0 Å². The largest absolute Gasteiger partial charge is 0.544 e. The maximum Gasteiger partial charge on any atom is 0.306 e. The third-order valence-electron chi connectivity index (χ3n) is 9.65. The molecule has 0 rings (SSSR count). The van der Waals surface area contributed by atoms with E-state index in [1.165, 1.54) is 77.0 Å². The van der Waals surface area contributed by atoms with E-state index in [0.717, 1.165) is 57.8 Å². The molecule has 322 valence electrons. The summed E-state index contributed by atoms with van der Waals surface area (Å²) in [6, 6.07) is -0.738. The van der Waals surface area contributed by atoms with Gasteiger partial charge in [-0.2, -0.15) is 0 Å². The van der Waals surface area contributed by atoms with E-state index in [9.17, 15) is 19.5 Å². The minimum Gasteiger partial charge on any atom is -0.544 e. The van der Waals surface area contributed by atoms with Crippen LogP contribution >= 0.6 is 0 Å². The van der Waals surface area contributed by atoms with Gasteiger partial charge in [-0.1, -0.05) is 145 Å². The Labute approximate surface area is 343 Å². The van der Waals surface area contributed by atoms with Gasteiger partial charge in [0.05, 0.1) is 40.3 Å². The predicted molar refractivity (Wildman–Crippen MR) is 231 cm³/mol. The zero-order chi connectivity index (χ0) is 41.4. The van der Waals surface area contributed by atoms with Crippen molar-refractivity contribution in [3.8, 4) is 0 Å². The molecule has 8 heteroatoms. The van der Waals surface area contributed by atoms with Crippen LogP contribution in [0.3, 0.4) is 0 Å². The highest BCUT2D eigenvalue weighted by Gasteiger charge is 2.25. The van der Waals surface area contributed by atoms with Gasteiger partial charge >= 0.3 is 11.9 Å². The van der Waals surface area contributed by atoms with Crippen molar-refractivity contribution in [1.29, 1.82) is 0 Å². The second kappa shape index (κ2) is 38.9. The monoisotopic (exact) mass is 786 g/mol. The average Bonchev–Trinajstić information content (AvgIpc) is 3.15. The molecule has 0 aliphatic heterocycles. The highest BCUT2D eigenvalue weighted by atomic mass is 16.6. The Hall–Kier alpha value is -2.97. The highest BCUT2D eigenvalue weighted by molar-refractivity contribution is 5.70. The van der Waals surface area contributed by atoms with Crippen LogP contribution in [-0.4, -0.2) is 75.5 Å². The molecule has 2 atom stereocenters. The van der Waals surface area contributed by atoms with E-state index in [0.29, 0.717) is 12.8 Å². The van der Waals surface area contributed by atoms with Crippen molar-refractivity contribution in [2.24, 2.45) is 0 Å². The first-order chi connectivity index (χ1) is 27.1. The quantitative estimate of drug-likeness (QED) is 0.0201. The Morgan fingerprint density at radius 3 is 1.59 bits per heavy atom. The average molecular weight is 786 g/mol. The maximum atomic E-state index is 12.7. The third kappa shape index (κ3) is 36.7. The van der Waals surface area contributed by atoms with Crippen molar-refractivity contribution in [1.82, 2.24) is 0 Å². The number of ether oxygens (including phenoxy) is 3. The van der Waals surface area contributed by atoms with Gasteiger partial charge in [0.15, 0.2) is 6.10 Å². The van der Waals surface area contributed by atoms with Crippen LogP contribution in [0.2, 0.25) is 0 Å². The van der Waals surface area contributed by atoms with Crippen LogP contribution < -0.4 is 5.11 Å². The number of unbranched alkanes of at least 4 members (excludes halogenated alkanes) is 16. The molecular formula is C48H83NO7. The van der Waals surface area contributed by atoms with E-state index < -0.39 is 18.1 Å². The summed E-state index contributed by atoms with van der Waals surface area (Å²) >= 11 is 0. The van der Waals surface area contributed by atoms with Crippen molar-refractivity contribution < 1.29 is 38.2 Å². The van der Waals surface area contributed by atoms with Crippen molar-refractivity contribution in [3.05, 3.63) is 60.8 Å². The minimum absolute atomic E-state index is 0.0147. The van der Waals surface area contributed by atoms with E-state index in [-0.39, 0.29) is 49.1 Å². The number of aliphatic carboxylic acids is 1. The number of hydrogen-bond donors (Lipinski definition) is 0. The molecule has 2 unspecified atom stereocenters. The number of likely N-dealkylation sites (N-methyl/N-ethyl adjacent to an activating group) is 1. The van der Waals surface area contributed by atoms with Crippen LogP contribution in [0.4, 0.5) is 0 Å². The Bertz CT molecular complexity index is 1100. The minimum atomic E-state index is -1.14. The number of carbonyl (C=O) groups excluding carboxylic acids is 3. The van der Waals surface area contributed by atoms with Crippen molar-refractivity contribution in [3.63, 3.8) is 0 Å². The van der Waals surface area contributed by atoms with Gasteiger partial charge in [-0.3, -0.25) is 9.59 Å². The normalized spacial score (nSPS) is 13.5. The van der Waals surface area contributed by atoms with Crippen molar-refractivity contribution in [2.45, 2.75) is 187 Å². The summed E-state index contributed by atoms with van der Waals surface area (Å²) < 4.78 is 17.1. The lowest BCUT2D eigenvalue weighted by molar-refractivity contribution is -0.889. The van der Waals surface area contributed by atoms with Crippen LogP contribution in [0.15, 0.2) is 60.8 Å². The summed E-state index contributed by atoms with van der Waals surface area (Å²) in [5.74, 6) is -1.82. The summed E-state index contributed by atoms with van der Waals surface area (Å²) in [6.45, 7) is 4.55. The SMILES string of the molecule is CCCCC/C=C/C=C/CCCCCCCCC(=O)OCC(COCCC(C(=O)[O-])[N+](C)(C)C)OC(=O)CCC/C=C/C/C=C/C/C=C/CCCCCCCC. The molecule has 0 amide bonds. The molecule has 8 nitrogen and oxygen atoms in total. The lowest BCUT2D eigenvalue weighted by Crippen LogP contribution is -2.55. The van der Waals surface area contributed by atoms with Crippen LogP contribution in [0.5, 0.6) is 0 Å². The van der Waals surface area contributed by atoms with Crippen LogP contribution in [0.1, 0.15) is 174 Å². The number of carbonyl (C=O) groups is 3. The lowest BCUT2D eigenvalue weighted by atomic mass is 10.1. The second-order valence-corrected chi connectivity index (χ2v) is 16.0. The number of allylic oxidation sites excluding steroid dienone is 10. The van der Waals surface area contributed by atoms with Gasteiger partial charge in [-0.15, -0.1) is 0 Å². The number of esters is 2. The fourth-order valence-electron chi connectivity index (χ4n) is 6.14. The first-order valence-electron chi connectivity index (χ1n) is 22.3. The van der Waals surface area contributed by atoms with Crippen molar-refractivity contribution in [2.75, 3.05) is 41.0 Å². The Morgan fingerprint density at radius 1 is 0.554 bits per heavy atom. The molecule has 0 N–H and O–H groups in total. The van der Waals surface area contributed by atoms with Gasteiger partial charge < -0.3 is 28.6 Å². The van der Waals surface area contributed by atoms with E-state index in [1.54, 1.807) is 21.1 Å². The molecule has 0 saturated heterocycles. The van der Waals surface area contributed by atoms with Gasteiger partial charge in [-0.25, -0.2) is 0 Å². The number of nitrogens with zero attached hydrogens (tertiary/aromatic N) is 1. The number of hydrogen-bond acceptors (Lipinski definition) is 7. The number of carboxylic acids is 1. The standard InChI is InChI=1S/C48H83NO7/c1-6-8-10-12-14-16-18-20-22-23-25-27-29-31-33-35-37-39-47(51)56-44(42-54-41-40-45(48(52)53)49(3,4)5)43-55-46(50)38-36-34-32-30-28-26-24-21-19-17-15-13-11-9-7-2/h15,17,19-22,25,27,31,33,44-45H,6-14,16,18,23-24,26,28-30,32,34-43H2,1-5H3/b17-15+,21-19+,22-20+,27-25+,33-31+. The van der Waals surface area contributed by atoms with E-state index in [1.807, 2.05) is 0 Å². The van der Waals surface area contributed by atoms with E-state index in [4.69, 9.17) is 14.2 Å². The second-order valence-electron chi connectivity index (χ2n) is 16.0. The predicted octanol–water partition coefficient (Wildman–Crippen LogP) is 10.9. The highest BCUT2D eigenvalue weighted by Crippen LogP contribution is 2.12. The summed E-state index contributed by atoms with van der Waals surface area (Å²) in [6.07, 6.45) is 46.8. The smallest absolute Gasteiger partial charge is 0.306 e. The van der Waals surface area contributed by atoms with E-state index in [2.05, 4.69) is 74.6 Å². The Morgan fingerprint density at radius 2 is 1.02 bits per heavy atom. The Kier molecular flexibility index (Phi) is 36.8. The molecular weight excluding hydrogens is 703 g/mol. The molecule has 0 aliphatic carbocycles. The molecule has 0 spiro atoms. The molecule has 0 aliphatic rings. The first kappa shape index (κ1) is 53.0. The van der Waals surface area contributed by atoms with Crippen molar-refractivity contribution >= 4 is 17.9 Å². The lowest BCUT2D eigenvalue weighted by Gasteiger charge is -2.34. The molecule has 0 aromatic heterocycles. The molecule has 0 radical (unpaired) electrons. The van der Waals surface area contributed by atoms with Crippen LogP contribution in [0, 0.1) is 0 Å². The number of rotatable bonds is 39. The molecule has 0 fully saturated rings. The van der Waals surface area contributed by atoms with Gasteiger partial charge in [0.25, 0.3) is 0 Å². The molecule has 0 bridgehead atoms. The molecule has 56 heavy (non-hydrogen) atoms. The zero-order valence-corrected chi connectivity index (χ0v) is 36.5. The van der Waals surface area contributed by atoms with Gasteiger partial charge in [-0.05, 0) is 70.6 Å². The molecule has 0 aromatic carbocycles. The summed E-state index contributed by atoms with van der Waals surface area (Å²) in [5, 5.41) is 11.6. The fourth-order valence-corrected chi connectivity index (χ4v) is 6.14. The van der Waals surface area contributed by atoms with Crippen LogP contribution in [-0.2, 0) is 28.6 Å². The number of quaternary nitrogens is 1. The Balaban J connectivity index is 4.46. The topological polar surface area (TPSA) is 102 Å². The fraction of sp³-hybridized carbons (Fsp3) is 0.729. The molecule has 0 saturated carbocycles. The van der Waals surface area contributed by atoms with Gasteiger partial charge in [0, 0.05) is 19.3 Å². The number of carboxylic acid groups (broad SMARTS) is 1. The zero-order valence-electron chi connectivity index (χ0n) is 36.5. The first-order valence-corrected chi connectivity index (χ1v) is 22.3.